The maximum absolute atomic E-state index is 7.00. The molecule has 1 rings (SSSR count). The number of hydrogen-bond donors (Lipinski definition) is 3. The fourth-order valence-corrected chi connectivity index (χ4v) is 1.61. The molecule has 0 radical (unpaired) electrons. The standard InChI is InChI=1S/C11H22N4/c1-11(9-12)10-14-3-2-6-15-7-4-13-5-8-15/h9-10,12-14H,2-8H2,1H3/b11-10-,12-9?. The molecular formula is C11H22N4. The molecule has 3 N–H and O–H groups in total. The van der Waals surface area contributed by atoms with Gasteiger partial charge in [-0.1, -0.05) is 0 Å². The quantitative estimate of drug-likeness (QED) is 0.440. The van der Waals surface area contributed by atoms with E-state index in [-0.39, 0.29) is 0 Å². The van der Waals surface area contributed by atoms with Crippen LogP contribution in [0.4, 0.5) is 0 Å². The third-order valence-electron chi connectivity index (χ3n) is 2.56. The molecule has 86 valence electrons. The molecule has 1 heterocycles. The zero-order valence-corrected chi connectivity index (χ0v) is 9.55. The number of allylic oxidation sites excluding steroid dienone is 1. The van der Waals surface area contributed by atoms with E-state index in [4.69, 9.17) is 5.41 Å². The van der Waals surface area contributed by atoms with Gasteiger partial charge in [0.05, 0.1) is 0 Å². The van der Waals surface area contributed by atoms with Crippen molar-refractivity contribution < 1.29 is 0 Å². The zero-order chi connectivity index (χ0) is 10.9. The third kappa shape index (κ3) is 5.54. The van der Waals surface area contributed by atoms with Crippen LogP contribution in [0.15, 0.2) is 11.8 Å². The average Bonchev–Trinajstić information content (AvgIpc) is 2.29. The summed E-state index contributed by atoms with van der Waals surface area (Å²) in [6, 6.07) is 0. The molecule has 0 unspecified atom stereocenters. The summed E-state index contributed by atoms with van der Waals surface area (Å²) in [4.78, 5) is 2.49. The molecule has 4 heteroatoms. The molecule has 1 aliphatic rings. The predicted octanol–water partition coefficient (Wildman–Crippen LogP) is 0.425. The first kappa shape index (κ1) is 12.2. The van der Waals surface area contributed by atoms with Crippen molar-refractivity contribution in [2.75, 3.05) is 39.3 Å². The Labute approximate surface area is 92.2 Å². The molecule has 1 fully saturated rings. The highest BCUT2D eigenvalue weighted by Gasteiger charge is 2.07. The Hall–Kier alpha value is -0.870. The van der Waals surface area contributed by atoms with Gasteiger partial charge in [-0.25, -0.2) is 0 Å². The molecule has 0 spiro atoms. The largest absolute Gasteiger partial charge is 0.391 e. The van der Waals surface area contributed by atoms with E-state index in [0.717, 1.165) is 25.2 Å². The first-order valence-electron chi connectivity index (χ1n) is 5.66. The second kappa shape index (κ2) is 7.43. The lowest BCUT2D eigenvalue weighted by atomic mass is 10.3. The summed E-state index contributed by atoms with van der Waals surface area (Å²) in [5.74, 6) is 0. The van der Waals surface area contributed by atoms with Crippen molar-refractivity contribution in [1.82, 2.24) is 15.5 Å². The van der Waals surface area contributed by atoms with Gasteiger partial charge in [-0.05, 0) is 25.5 Å². The van der Waals surface area contributed by atoms with Gasteiger partial charge in [0.2, 0.25) is 0 Å². The molecular weight excluding hydrogens is 188 g/mol. The Morgan fingerprint density at radius 3 is 2.87 bits per heavy atom. The summed E-state index contributed by atoms with van der Waals surface area (Å²) in [5.41, 5.74) is 0.970. The lowest BCUT2D eigenvalue weighted by molar-refractivity contribution is 0.238. The average molecular weight is 210 g/mol. The van der Waals surface area contributed by atoms with Gasteiger partial charge in [0.25, 0.3) is 0 Å². The summed E-state index contributed by atoms with van der Waals surface area (Å²) in [6.07, 6.45) is 4.44. The van der Waals surface area contributed by atoms with Crippen molar-refractivity contribution >= 4 is 6.21 Å². The minimum atomic E-state index is 0.970. The highest BCUT2D eigenvalue weighted by atomic mass is 15.2. The zero-order valence-electron chi connectivity index (χ0n) is 9.55. The van der Waals surface area contributed by atoms with Crippen LogP contribution < -0.4 is 10.6 Å². The molecule has 4 nitrogen and oxygen atoms in total. The lowest BCUT2D eigenvalue weighted by Crippen LogP contribution is -2.44. The normalized spacial score (nSPS) is 18.9. The molecule has 0 aromatic rings. The van der Waals surface area contributed by atoms with Crippen LogP contribution in [0, 0.1) is 5.41 Å². The van der Waals surface area contributed by atoms with Crippen molar-refractivity contribution in [3.8, 4) is 0 Å². The maximum atomic E-state index is 7.00. The Bertz CT molecular complexity index is 207. The van der Waals surface area contributed by atoms with Crippen LogP contribution in [-0.2, 0) is 0 Å². The molecule has 0 bridgehead atoms. The van der Waals surface area contributed by atoms with Crippen LogP contribution in [-0.4, -0.2) is 50.4 Å². The number of hydrogen-bond acceptors (Lipinski definition) is 4. The van der Waals surface area contributed by atoms with Crippen molar-refractivity contribution in [2.45, 2.75) is 13.3 Å². The molecule has 0 amide bonds. The van der Waals surface area contributed by atoms with Crippen LogP contribution in [0.25, 0.3) is 0 Å². The van der Waals surface area contributed by atoms with Gasteiger partial charge in [-0.15, -0.1) is 0 Å². The van der Waals surface area contributed by atoms with Crippen molar-refractivity contribution in [1.29, 1.82) is 5.41 Å². The molecule has 0 saturated carbocycles. The topological polar surface area (TPSA) is 51.2 Å². The van der Waals surface area contributed by atoms with Crippen molar-refractivity contribution in [3.63, 3.8) is 0 Å². The van der Waals surface area contributed by atoms with E-state index in [1.165, 1.54) is 32.3 Å². The number of piperazine rings is 1. The smallest absolute Gasteiger partial charge is 0.0221 e. The second-order valence-electron chi connectivity index (χ2n) is 3.93. The van der Waals surface area contributed by atoms with E-state index in [1.807, 2.05) is 13.1 Å². The first-order chi connectivity index (χ1) is 7.33. The fourth-order valence-electron chi connectivity index (χ4n) is 1.61. The van der Waals surface area contributed by atoms with E-state index >= 15 is 0 Å². The van der Waals surface area contributed by atoms with E-state index < -0.39 is 0 Å². The molecule has 0 aromatic heterocycles. The summed E-state index contributed by atoms with van der Waals surface area (Å²) in [5, 5.41) is 13.6. The summed E-state index contributed by atoms with van der Waals surface area (Å²) in [6.45, 7) is 8.70. The predicted molar refractivity (Wildman–Crippen MR) is 64.5 cm³/mol. The Morgan fingerprint density at radius 2 is 2.20 bits per heavy atom. The highest BCUT2D eigenvalue weighted by molar-refractivity contribution is 5.74. The van der Waals surface area contributed by atoms with Gasteiger partial charge >= 0.3 is 0 Å². The Kier molecular flexibility index (Phi) is 6.04. The number of nitrogens with zero attached hydrogens (tertiary/aromatic N) is 1. The summed E-state index contributed by atoms with van der Waals surface area (Å²) in [7, 11) is 0. The van der Waals surface area contributed by atoms with Gasteiger partial charge in [0.1, 0.15) is 0 Å². The number of rotatable bonds is 6. The van der Waals surface area contributed by atoms with E-state index in [2.05, 4.69) is 15.5 Å². The van der Waals surface area contributed by atoms with Crippen LogP contribution in [0.3, 0.4) is 0 Å². The minimum Gasteiger partial charge on any atom is -0.391 e. The van der Waals surface area contributed by atoms with Crippen LogP contribution in [0.5, 0.6) is 0 Å². The van der Waals surface area contributed by atoms with E-state index in [1.54, 1.807) is 0 Å². The van der Waals surface area contributed by atoms with E-state index in [0.29, 0.717) is 0 Å². The van der Waals surface area contributed by atoms with Crippen molar-refractivity contribution in [3.05, 3.63) is 11.8 Å². The second-order valence-corrected chi connectivity index (χ2v) is 3.93. The monoisotopic (exact) mass is 210 g/mol. The van der Waals surface area contributed by atoms with Gasteiger partial charge in [-0.2, -0.15) is 0 Å². The van der Waals surface area contributed by atoms with Crippen LogP contribution >= 0.6 is 0 Å². The Morgan fingerprint density at radius 1 is 1.47 bits per heavy atom. The van der Waals surface area contributed by atoms with Gasteiger partial charge in [0, 0.05) is 45.1 Å². The molecule has 0 atom stereocenters. The minimum absolute atomic E-state index is 0.970. The highest BCUT2D eigenvalue weighted by Crippen LogP contribution is 1.93. The molecule has 15 heavy (non-hydrogen) atoms. The molecule has 1 aliphatic heterocycles. The third-order valence-corrected chi connectivity index (χ3v) is 2.56. The van der Waals surface area contributed by atoms with Gasteiger partial charge in [0.15, 0.2) is 0 Å². The first-order valence-corrected chi connectivity index (χ1v) is 5.66. The molecule has 1 saturated heterocycles. The number of nitrogens with one attached hydrogen (secondary N) is 3. The van der Waals surface area contributed by atoms with Crippen LogP contribution in [0.2, 0.25) is 0 Å². The molecule has 0 aliphatic carbocycles. The summed E-state index contributed by atoms with van der Waals surface area (Å²) < 4.78 is 0. The Balaban J connectivity index is 1.98. The lowest BCUT2D eigenvalue weighted by Gasteiger charge is -2.26. The van der Waals surface area contributed by atoms with Gasteiger partial charge < -0.3 is 20.9 Å². The van der Waals surface area contributed by atoms with Crippen LogP contribution in [0.1, 0.15) is 13.3 Å². The SMILES string of the molecule is C/C(C=N)=C/NCCCN1CCNCC1. The van der Waals surface area contributed by atoms with Crippen molar-refractivity contribution in [2.24, 2.45) is 0 Å². The maximum Gasteiger partial charge on any atom is 0.0221 e. The van der Waals surface area contributed by atoms with Gasteiger partial charge in [-0.3, -0.25) is 0 Å². The fraction of sp³-hybridized carbons (Fsp3) is 0.727. The summed E-state index contributed by atoms with van der Waals surface area (Å²) >= 11 is 0. The molecule has 0 aromatic carbocycles. The van der Waals surface area contributed by atoms with E-state index in [9.17, 15) is 0 Å².